The monoisotopic (exact) mass is 276 g/mol. The van der Waals surface area contributed by atoms with Gasteiger partial charge in [-0.15, -0.1) is 0 Å². The lowest BCUT2D eigenvalue weighted by molar-refractivity contribution is 0.188. The molecule has 0 bridgehead atoms. The van der Waals surface area contributed by atoms with Gasteiger partial charge in [-0.3, -0.25) is 4.90 Å². The fourth-order valence-electron chi connectivity index (χ4n) is 3.27. The molecule has 1 aliphatic heterocycles. The van der Waals surface area contributed by atoms with E-state index in [2.05, 4.69) is 43.2 Å². The van der Waals surface area contributed by atoms with Crippen LogP contribution < -0.4 is 10.1 Å². The first-order valence-corrected chi connectivity index (χ1v) is 7.71. The molecular formula is C17H28N2O. The number of likely N-dealkylation sites (N-methyl/N-ethyl adjacent to an activating group) is 1. The minimum Gasteiger partial charge on any atom is -0.497 e. The summed E-state index contributed by atoms with van der Waals surface area (Å²) in [5, 5.41) is 3.46. The molecule has 2 rings (SSSR count). The van der Waals surface area contributed by atoms with Crippen molar-refractivity contribution in [3.63, 3.8) is 0 Å². The van der Waals surface area contributed by atoms with Crippen molar-refractivity contribution in [2.24, 2.45) is 5.92 Å². The molecule has 2 unspecified atom stereocenters. The van der Waals surface area contributed by atoms with Crippen molar-refractivity contribution in [1.82, 2.24) is 10.2 Å². The van der Waals surface area contributed by atoms with Gasteiger partial charge in [0.15, 0.2) is 0 Å². The van der Waals surface area contributed by atoms with Gasteiger partial charge in [0.25, 0.3) is 0 Å². The fourth-order valence-corrected chi connectivity index (χ4v) is 3.27. The highest BCUT2D eigenvalue weighted by Crippen LogP contribution is 2.27. The average molecular weight is 276 g/mol. The summed E-state index contributed by atoms with van der Waals surface area (Å²) in [5.74, 6) is 1.66. The smallest absolute Gasteiger partial charge is 0.118 e. The number of hydrogen-bond acceptors (Lipinski definition) is 3. The van der Waals surface area contributed by atoms with Gasteiger partial charge in [-0.2, -0.15) is 0 Å². The summed E-state index contributed by atoms with van der Waals surface area (Å²) in [4.78, 5) is 2.65. The van der Waals surface area contributed by atoms with Gasteiger partial charge in [0, 0.05) is 18.6 Å². The Labute approximate surface area is 123 Å². The van der Waals surface area contributed by atoms with E-state index in [4.69, 9.17) is 4.74 Å². The van der Waals surface area contributed by atoms with E-state index >= 15 is 0 Å². The Morgan fingerprint density at radius 1 is 1.30 bits per heavy atom. The molecule has 0 aromatic heterocycles. The number of nitrogens with one attached hydrogen (secondary N) is 1. The Hall–Kier alpha value is -1.06. The normalized spacial score (nSPS) is 21.4. The third kappa shape index (κ3) is 3.53. The van der Waals surface area contributed by atoms with Crippen molar-refractivity contribution in [1.29, 1.82) is 0 Å². The quantitative estimate of drug-likeness (QED) is 0.864. The summed E-state index contributed by atoms with van der Waals surface area (Å²) < 4.78 is 5.23. The van der Waals surface area contributed by atoms with E-state index in [0.717, 1.165) is 24.3 Å². The van der Waals surface area contributed by atoms with Crippen LogP contribution in [0.1, 0.15) is 38.3 Å². The van der Waals surface area contributed by atoms with Gasteiger partial charge in [-0.25, -0.2) is 0 Å². The maximum absolute atomic E-state index is 5.23. The van der Waals surface area contributed by atoms with Crippen molar-refractivity contribution in [3.8, 4) is 5.75 Å². The molecule has 0 radical (unpaired) electrons. The highest BCUT2D eigenvalue weighted by atomic mass is 16.5. The summed E-state index contributed by atoms with van der Waals surface area (Å²) in [6, 6.07) is 9.55. The van der Waals surface area contributed by atoms with Crippen LogP contribution in [0.4, 0.5) is 0 Å². The van der Waals surface area contributed by atoms with Gasteiger partial charge in [0.2, 0.25) is 0 Å². The number of rotatable bonds is 6. The maximum atomic E-state index is 5.23. The molecule has 1 heterocycles. The van der Waals surface area contributed by atoms with Crippen molar-refractivity contribution < 1.29 is 4.74 Å². The van der Waals surface area contributed by atoms with E-state index in [0.29, 0.717) is 6.04 Å². The summed E-state index contributed by atoms with van der Waals surface area (Å²) in [7, 11) is 3.76. The second-order valence-electron chi connectivity index (χ2n) is 6.06. The standard InChI is InChI=1S/C17H28N2O/c1-13(2)17-6-5-11-19(17)12-16(18-3)14-7-9-15(20-4)10-8-14/h7-10,13,16-18H,5-6,11-12H2,1-4H3. The Morgan fingerprint density at radius 3 is 2.55 bits per heavy atom. The molecule has 3 nitrogen and oxygen atoms in total. The Morgan fingerprint density at radius 2 is 2.00 bits per heavy atom. The second kappa shape index (κ2) is 7.09. The van der Waals surface area contributed by atoms with Crippen molar-refractivity contribution >= 4 is 0 Å². The Kier molecular flexibility index (Phi) is 5.44. The topological polar surface area (TPSA) is 24.5 Å². The molecule has 20 heavy (non-hydrogen) atoms. The van der Waals surface area contributed by atoms with E-state index in [-0.39, 0.29) is 0 Å². The molecular weight excluding hydrogens is 248 g/mol. The molecule has 0 aliphatic carbocycles. The first-order valence-electron chi connectivity index (χ1n) is 7.71. The molecule has 1 saturated heterocycles. The Bertz CT molecular complexity index is 402. The van der Waals surface area contributed by atoms with Crippen LogP contribution >= 0.6 is 0 Å². The van der Waals surface area contributed by atoms with Crippen molar-refractivity contribution in [3.05, 3.63) is 29.8 Å². The third-order valence-corrected chi connectivity index (χ3v) is 4.47. The van der Waals surface area contributed by atoms with Crippen LogP contribution in [-0.4, -0.2) is 38.2 Å². The minimum absolute atomic E-state index is 0.389. The first kappa shape index (κ1) is 15.3. The number of nitrogens with zero attached hydrogens (tertiary/aromatic N) is 1. The van der Waals surface area contributed by atoms with Crippen LogP contribution in [0.5, 0.6) is 5.75 Å². The van der Waals surface area contributed by atoms with Crippen LogP contribution in [0, 0.1) is 5.92 Å². The molecule has 1 N–H and O–H groups in total. The predicted molar refractivity (Wildman–Crippen MR) is 84.2 cm³/mol. The molecule has 1 aromatic carbocycles. The average Bonchev–Trinajstić information content (AvgIpc) is 2.93. The summed E-state index contributed by atoms with van der Waals surface area (Å²) >= 11 is 0. The lowest BCUT2D eigenvalue weighted by atomic mass is 10.0. The van der Waals surface area contributed by atoms with E-state index in [1.165, 1.54) is 24.9 Å². The summed E-state index contributed by atoms with van der Waals surface area (Å²) in [6.07, 6.45) is 2.68. The molecule has 0 amide bonds. The number of methoxy groups -OCH3 is 1. The number of benzene rings is 1. The number of likely N-dealkylation sites (tertiary alicyclic amines) is 1. The maximum Gasteiger partial charge on any atom is 0.118 e. The molecule has 1 aliphatic rings. The van der Waals surface area contributed by atoms with Gasteiger partial charge in [-0.05, 0) is 50.0 Å². The SMILES string of the molecule is CNC(CN1CCCC1C(C)C)c1ccc(OC)cc1. The van der Waals surface area contributed by atoms with E-state index < -0.39 is 0 Å². The van der Waals surface area contributed by atoms with Crippen LogP contribution in [0.3, 0.4) is 0 Å². The molecule has 2 atom stereocenters. The molecule has 112 valence electrons. The largest absolute Gasteiger partial charge is 0.497 e. The zero-order valence-corrected chi connectivity index (χ0v) is 13.2. The molecule has 0 spiro atoms. The first-order chi connectivity index (χ1) is 9.65. The highest BCUT2D eigenvalue weighted by Gasteiger charge is 2.28. The van der Waals surface area contributed by atoms with Crippen LogP contribution in [0.25, 0.3) is 0 Å². The van der Waals surface area contributed by atoms with Crippen LogP contribution in [-0.2, 0) is 0 Å². The van der Waals surface area contributed by atoms with Crippen LogP contribution in [0.2, 0.25) is 0 Å². The fraction of sp³-hybridized carbons (Fsp3) is 0.647. The van der Waals surface area contributed by atoms with Crippen molar-refractivity contribution in [2.45, 2.75) is 38.8 Å². The van der Waals surface area contributed by atoms with E-state index in [1.807, 2.05) is 12.1 Å². The van der Waals surface area contributed by atoms with Gasteiger partial charge in [0.1, 0.15) is 5.75 Å². The third-order valence-electron chi connectivity index (χ3n) is 4.47. The van der Waals surface area contributed by atoms with Gasteiger partial charge >= 0.3 is 0 Å². The van der Waals surface area contributed by atoms with Gasteiger partial charge in [0.05, 0.1) is 7.11 Å². The lowest BCUT2D eigenvalue weighted by Crippen LogP contribution is -2.39. The molecule has 1 fully saturated rings. The molecule has 1 aromatic rings. The zero-order chi connectivity index (χ0) is 14.5. The van der Waals surface area contributed by atoms with Gasteiger partial charge < -0.3 is 10.1 Å². The minimum atomic E-state index is 0.389. The number of hydrogen-bond donors (Lipinski definition) is 1. The van der Waals surface area contributed by atoms with E-state index in [1.54, 1.807) is 7.11 Å². The van der Waals surface area contributed by atoms with Crippen LogP contribution in [0.15, 0.2) is 24.3 Å². The molecule has 3 heteroatoms. The summed E-state index contributed by atoms with van der Waals surface area (Å²) in [6.45, 7) is 7.00. The van der Waals surface area contributed by atoms with Gasteiger partial charge in [-0.1, -0.05) is 26.0 Å². The summed E-state index contributed by atoms with van der Waals surface area (Å²) in [5.41, 5.74) is 1.34. The Balaban J connectivity index is 2.04. The number of ether oxygens (including phenoxy) is 1. The molecule has 0 saturated carbocycles. The lowest BCUT2D eigenvalue weighted by Gasteiger charge is -2.31. The van der Waals surface area contributed by atoms with E-state index in [9.17, 15) is 0 Å². The predicted octanol–water partition coefficient (Wildman–Crippen LogP) is 3.08. The van der Waals surface area contributed by atoms with Crippen molar-refractivity contribution in [2.75, 3.05) is 27.2 Å². The highest BCUT2D eigenvalue weighted by molar-refractivity contribution is 5.29. The zero-order valence-electron chi connectivity index (χ0n) is 13.2. The second-order valence-corrected chi connectivity index (χ2v) is 6.06.